The van der Waals surface area contributed by atoms with Crippen molar-refractivity contribution in [3.8, 4) is 22.5 Å². The van der Waals surface area contributed by atoms with Crippen molar-refractivity contribution in [3.63, 3.8) is 0 Å². The fourth-order valence-corrected chi connectivity index (χ4v) is 5.33. The summed E-state index contributed by atoms with van der Waals surface area (Å²) in [5, 5.41) is 22.9. The molecule has 182 valence electrons. The van der Waals surface area contributed by atoms with Crippen LogP contribution in [0.2, 0.25) is 0 Å². The third-order valence-corrected chi connectivity index (χ3v) is 7.17. The van der Waals surface area contributed by atoms with Gasteiger partial charge < -0.3 is 29.7 Å². The van der Waals surface area contributed by atoms with E-state index in [1.54, 1.807) is 19.2 Å². The normalized spacial score (nSPS) is 18.3. The summed E-state index contributed by atoms with van der Waals surface area (Å²) in [7, 11) is 1.56. The number of ether oxygens (including phenoxy) is 2. The lowest BCUT2D eigenvalue weighted by molar-refractivity contribution is 0.122. The molecule has 1 aromatic carbocycles. The molecule has 2 fully saturated rings. The van der Waals surface area contributed by atoms with Crippen LogP contribution >= 0.6 is 11.3 Å². The molecule has 12 heteroatoms. The van der Waals surface area contributed by atoms with Gasteiger partial charge in [0.1, 0.15) is 16.4 Å². The van der Waals surface area contributed by atoms with E-state index in [0.29, 0.717) is 78.7 Å². The number of hydrogen-bond donors (Lipinski definition) is 2. The number of morpholine rings is 1. The van der Waals surface area contributed by atoms with Crippen molar-refractivity contribution in [1.29, 1.82) is 5.26 Å². The predicted octanol–water partition coefficient (Wildman–Crippen LogP) is 3.02. The Morgan fingerprint density at radius 1 is 1.29 bits per heavy atom. The number of amides is 1. The Labute approximate surface area is 205 Å². The highest BCUT2D eigenvalue weighted by atomic mass is 32.1. The maximum atomic E-state index is 11.6. The van der Waals surface area contributed by atoms with Crippen LogP contribution in [0.4, 0.5) is 16.6 Å². The lowest BCUT2D eigenvalue weighted by Crippen LogP contribution is -2.44. The molecule has 3 aromatic rings. The number of hydrogen-bond acceptors (Lipinski definition) is 10. The summed E-state index contributed by atoms with van der Waals surface area (Å²) in [6, 6.07) is 7.43. The van der Waals surface area contributed by atoms with Crippen LogP contribution in [0, 0.1) is 11.3 Å². The topological polar surface area (TPSA) is 137 Å². The number of nitrogens with one attached hydrogen (secondary N) is 1. The van der Waals surface area contributed by atoms with Crippen LogP contribution in [-0.4, -0.2) is 83.6 Å². The van der Waals surface area contributed by atoms with Gasteiger partial charge in [0, 0.05) is 32.2 Å². The first-order valence-corrected chi connectivity index (χ1v) is 12.2. The molecule has 1 amide bonds. The molecule has 11 nitrogen and oxygen atoms in total. The Morgan fingerprint density at radius 2 is 2.11 bits per heavy atom. The van der Waals surface area contributed by atoms with Gasteiger partial charge >= 0.3 is 6.09 Å². The van der Waals surface area contributed by atoms with E-state index in [2.05, 4.69) is 11.4 Å². The van der Waals surface area contributed by atoms with Crippen LogP contribution in [0.25, 0.3) is 20.8 Å². The number of likely N-dealkylation sites (tertiary alicyclic amines) is 1. The van der Waals surface area contributed by atoms with Crippen LogP contribution in [-0.2, 0) is 4.74 Å². The van der Waals surface area contributed by atoms with Crippen molar-refractivity contribution < 1.29 is 19.4 Å². The largest absolute Gasteiger partial charge is 0.480 e. The number of rotatable bonds is 5. The summed E-state index contributed by atoms with van der Waals surface area (Å²) in [5.74, 6) is 1.46. The number of methoxy groups -OCH3 is 1. The van der Waals surface area contributed by atoms with E-state index in [1.165, 1.54) is 16.2 Å². The monoisotopic (exact) mass is 495 g/mol. The quantitative estimate of drug-likeness (QED) is 0.543. The lowest BCUT2D eigenvalue weighted by Gasteiger charge is -2.32. The van der Waals surface area contributed by atoms with E-state index in [1.807, 2.05) is 11.0 Å². The second kappa shape index (κ2) is 9.89. The van der Waals surface area contributed by atoms with Crippen molar-refractivity contribution in [2.24, 2.45) is 0 Å². The van der Waals surface area contributed by atoms with Crippen LogP contribution < -0.4 is 15.0 Å². The van der Waals surface area contributed by atoms with Gasteiger partial charge in [0.15, 0.2) is 0 Å². The SMILES string of the molecule is COc1nc(N2CCOCC2)nc(N[C@@H]2CCCN(C(=O)O)C2)c1-c1nc2cc(C#N)ccc2s1. The van der Waals surface area contributed by atoms with Gasteiger partial charge in [-0.1, -0.05) is 0 Å². The van der Waals surface area contributed by atoms with Gasteiger partial charge in [-0.25, -0.2) is 9.78 Å². The summed E-state index contributed by atoms with van der Waals surface area (Å²) in [6.45, 7) is 3.38. The van der Waals surface area contributed by atoms with E-state index >= 15 is 0 Å². The summed E-state index contributed by atoms with van der Waals surface area (Å²) in [6.07, 6.45) is 0.648. The first-order chi connectivity index (χ1) is 17.1. The molecule has 0 unspecified atom stereocenters. The molecule has 0 aliphatic carbocycles. The Bertz CT molecular complexity index is 1280. The molecule has 0 saturated carbocycles. The molecule has 35 heavy (non-hydrogen) atoms. The Hall–Kier alpha value is -3.69. The van der Waals surface area contributed by atoms with Crippen LogP contribution in [0.1, 0.15) is 18.4 Å². The highest BCUT2D eigenvalue weighted by molar-refractivity contribution is 7.21. The van der Waals surface area contributed by atoms with Crippen molar-refractivity contribution in [1.82, 2.24) is 19.9 Å². The van der Waals surface area contributed by atoms with Crippen LogP contribution in [0.3, 0.4) is 0 Å². The zero-order chi connectivity index (χ0) is 24.4. The number of nitrogens with zero attached hydrogens (tertiary/aromatic N) is 6. The number of thiazole rings is 1. The molecule has 0 bridgehead atoms. The molecule has 2 aliphatic rings. The molecule has 5 rings (SSSR count). The lowest BCUT2D eigenvalue weighted by atomic mass is 10.1. The first-order valence-electron chi connectivity index (χ1n) is 11.4. The van der Waals surface area contributed by atoms with Gasteiger partial charge in [-0.05, 0) is 31.0 Å². The molecule has 0 spiro atoms. The number of piperidine rings is 1. The van der Waals surface area contributed by atoms with E-state index in [9.17, 15) is 15.2 Å². The number of nitriles is 1. The predicted molar refractivity (Wildman–Crippen MR) is 131 cm³/mol. The zero-order valence-electron chi connectivity index (χ0n) is 19.2. The number of carboxylic acid groups (broad SMARTS) is 1. The molecule has 0 radical (unpaired) electrons. The number of carbonyl (C=O) groups is 1. The second-order valence-corrected chi connectivity index (χ2v) is 9.41. The van der Waals surface area contributed by atoms with Gasteiger partial charge in [0.25, 0.3) is 0 Å². The third kappa shape index (κ3) is 4.78. The van der Waals surface area contributed by atoms with Crippen molar-refractivity contribution in [2.45, 2.75) is 18.9 Å². The zero-order valence-corrected chi connectivity index (χ0v) is 20.0. The van der Waals surface area contributed by atoms with E-state index in [-0.39, 0.29) is 6.04 Å². The Morgan fingerprint density at radius 3 is 2.86 bits per heavy atom. The van der Waals surface area contributed by atoms with E-state index < -0.39 is 6.09 Å². The standard InChI is InChI=1S/C23H25N7O4S/c1-33-20-18(21-26-16-11-14(12-24)4-5-17(16)35-21)19(25-15-3-2-6-30(13-15)23(31)32)27-22(28-20)29-7-9-34-10-8-29/h4-5,11,15H,2-3,6-10,13H2,1H3,(H,31,32)(H,25,27,28)/t15-/m1/s1. The van der Waals surface area contributed by atoms with Gasteiger partial charge in [-0.3, -0.25) is 0 Å². The van der Waals surface area contributed by atoms with Gasteiger partial charge in [-0.15, -0.1) is 11.3 Å². The Kier molecular flexibility index (Phi) is 6.52. The molecule has 2 N–H and O–H groups in total. The summed E-state index contributed by atoms with van der Waals surface area (Å²) in [5.41, 5.74) is 1.87. The summed E-state index contributed by atoms with van der Waals surface area (Å²) >= 11 is 1.46. The van der Waals surface area contributed by atoms with Crippen molar-refractivity contribution >= 4 is 39.4 Å². The second-order valence-electron chi connectivity index (χ2n) is 8.38. The average molecular weight is 496 g/mol. The third-order valence-electron chi connectivity index (χ3n) is 6.11. The van der Waals surface area contributed by atoms with Crippen LogP contribution in [0.15, 0.2) is 18.2 Å². The highest BCUT2D eigenvalue weighted by Gasteiger charge is 2.28. The van der Waals surface area contributed by atoms with Gasteiger partial charge in [0.2, 0.25) is 11.8 Å². The fraction of sp³-hybridized carbons (Fsp3) is 0.435. The number of fused-ring (bicyclic) bond motifs is 1. The minimum absolute atomic E-state index is 0.115. The minimum atomic E-state index is -0.925. The minimum Gasteiger partial charge on any atom is -0.480 e. The average Bonchev–Trinajstić information content (AvgIpc) is 3.31. The van der Waals surface area contributed by atoms with Crippen molar-refractivity contribution in [3.05, 3.63) is 23.8 Å². The molecular formula is C23H25N7O4S. The smallest absolute Gasteiger partial charge is 0.407 e. The highest BCUT2D eigenvalue weighted by Crippen LogP contribution is 2.41. The fourth-order valence-electron chi connectivity index (χ4n) is 4.34. The first kappa shape index (κ1) is 23.1. The molecular weight excluding hydrogens is 470 g/mol. The van der Waals surface area contributed by atoms with Crippen molar-refractivity contribution in [2.75, 3.05) is 56.7 Å². The molecule has 2 aromatic heterocycles. The number of anilines is 2. The number of benzene rings is 1. The van der Waals surface area contributed by atoms with Crippen LogP contribution in [0.5, 0.6) is 5.88 Å². The molecule has 2 aliphatic heterocycles. The maximum absolute atomic E-state index is 11.6. The van der Waals surface area contributed by atoms with Gasteiger partial charge in [-0.2, -0.15) is 15.2 Å². The molecule has 2 saturated heterocycles. The summed E-state index contributed by atoms with van der Waals surface area (Å²) < 4.78 is 12.1. The van der Waals surface area contributed by atoms with E-state index in [4.69, 9.17) is 24.4 Å². The maximum Gasteiger partial charge on any atom is 0.407 e. The Balaban J connectivity index is 1.59. The van der Waals surface area contributed by atoms with Gasteiger partial charge in [0.05, 0.1) is 42.2 Å². The molecule has 4 heterocycles. The van der Waals surface area contributed by atoms with E-state index in [0.717, 1.165) is 17.5 Å². The number of aromatic nitrogens is 3. The summed E-state index contributed by atoms with van der Waals surface area (Å²) in [4.78, 5) is 29.4. The molecule has 1 atom stereocenters.